The molecule has 0 aliphatic carbocycles. The molecule has 0 unspecified atom stereocenters. The van der Waals surface area contributed by atoms with Crippen LogP contribution in [-0.4, -0.2) is 19.3 Å². The Hall–Kier alpha value is -2.13. The number of carbonyl (C=O) groups excluding carboxylic acids is 2. The van der Waals surface area contributed by atoms with Gasteiger partial charge in [-0.1, -0.05) is 24.3 Å². The SMILES string of the molecule is COC(=O)NCc1cccc(CN=C=O)c1. The van der Waals surface area contributed by atoms with Gasteiger partial charge in [-0.25, -0.2) is 14.6 Å². The molecule has 0 spiro atoms. The fraction of sp³-hybridized carbons (Fsp3) is 0.273. The Morgan fingerprint density at radius 2 is 2.25 bits per heavy atom. The van der Waals surface area contributed by atoms with Crippen molar-refractivity contribution >= 4 is 12.2 Å². The van der Waals surface area contributed by atoms with Gasteiger partial charge in [0.2, 0.25) is 6.08 Å². The number of rotatable bonds is 4. The second-order valence-electron chi connectivity index (χ2n) is 3.07. The number of alkyl carbamates (subject to hydrolysis) is 1. The third kappa shape index (κ3) is 3.94. The minimum absolute atomic E-state index is 0.301. The fourth-order valence-corrected chi connectivity index (χ4v) is 1.21. The summed E-state index contributed by atoms with van der Waals surface area (Å²) in [6.07, 6.45) is 1.00. The molecular formula is C11H12N2O3. The summed E-state index contributed by atoms with van der Waals surface area (Å²) < 4.78 is 4.45. The van der Waals surface area contributed by atoms with Crippen LogP contribution in [0.4, 0.5) is 4.79 Å². The third-order valence-corrected chi connectivity index (χ3v) is 1.94. The molecule has 1 aromatic rings. The summed E-state index contributed by atoms with van der Waals surface area (Å²) in [6, 6.07) is 7.41. The summed E-state index contributed by atoms with van der Waals surface area (Å²) in [6.45, 7) is 0.681. The van der Waals surface area contributed by atoms with Gasteiger partial charge in [0.25, 0.3) is 0 Å². The lowest BCUT2D eigenvalue weighted by atomic mass is 10.1. The van der Waals surface area contributed by atoms with Crippen LogP contribution in [0.1, 0.15) is 11.1 Å². The summed E-state index contributed by atoms with van der Waals surface area (Å²) >= 11 is 0. The summed E-state index contributed by atoms with van der Waals surface area (Å²) in [5, 5.41) is 2.56. The van der Waals surface area contributed by atoms with Crippen molar-refractivity contribution in [3.05, 3.63) is 35.4 Å². The minimum Gasteiger partial charge on any atom is -0.453 e. The number of benzene rings is 1. The quantitative estimate of drug-likeness (QED) is 0.615. The second kappa shape index (κ2) is 6.37. The van der Waals surface area contributed by atoms with E-state index in [1.54, 1.807) is 0 Å². The lowest BCUT2D eigenvalue weighted by Gasteiger charge is -2.04. The van der Waals surface area contributed by atoms with E-state index in [0.29, 0.717) is 13.1 Å². The summed E-state index contributed by atoms with van der Waals surface area (Å²) in [5.41, 5.74) is 1.82. The Morgan fingerprint density at radius 3 is 2.94 bits per heavy atom. The Balaban J connectivity index is 2.59. The summed E-state index contributed by atoms with van der Waals surface area (Å²) in [5.74, 6) is 0. The molecule has 5 heteroatoms. The van der Waals surface area contributed by atoms with Gasteiger partial charge in [-0.15, -0.1) is 0 Å². The maximum absolute atomic E-state index is 10.8. The van der Waals surface area contributed by atoms with Gasteiger partial charge in [-0.3, -0.25) is 0 Å². The Labute approximate surface area is 93.1 Å². The topological polar surface area (TPSA) is 67.8 Å². The van der Waals surface area contributed by atoms with Crippen LogP contribution in [0.15, 0.2) is 29.3 Å². The lowest BCUT2D eigenvalue weighted by molar-refractivity contribution is 0.170. The number of isocyanates is 1. The van der Waals surface area contributed by atoms with E-state index in [9.17, 15) is 9.59 Å². The van der Waals surface area contributed by atoms with E-state index in [1.807, 2.05) is 24.3 Å². The van der Waals surface area contributed by atoms with Crippen molar-refractivity contribution in [1.29, 1.82) is 0 Å². The molecule has 1 N–H and O–H groups in total. The molecule has 0 fully saturated rings. The van der Waals surface area contributed by atoms with E-state index in [-0.39, 0.29) is 0 Å². The standard InChI is InChI=1S/C11H12N2O3/c1-16-11(15)13-7-10-4-2-3-9(5-10)6-12-8-14/h2-5H,6-7H2,1H3,(H,13,15). The Morgan fingerprint density at radius 1 is 1.50 bits per heavy atom. The molecule has 16 heavy (non-hydrogen) atoms. The predicted molar refractivity (Wildman–Crippen MR) is 57.5 cm³/mol. The molecule has 0 aliphatic heterocycles. The Kier molecular flexibility index (Phi) is 4.76. The van der Waals surface area contributed by atoms with Crippen LogP contribution in [0.2, 0.25) is 0 Å². The first-order chi connectivity index (χ1) is 7.76. The number of carbonyl (C=O) groups is 1. The van der Waals surface area contributed by atoms with E-state index in [0.717, 1.165) is 11.1 Å². The molecule has 0 aliphatic rings. The number of hydrogen-bond donors (Lipinski definition) is 1. The van der Waals surface area contributed by atoms with Gasteiger partial charge >= 0.3 is 6.09 Å². The highest BCUT2D eigenvalue weighted by Crippen LogP contribution is 2.06. The summed E-state index contributed by atoms with van der Waals surface area (Å²) in [4.78, 5) is 24.3. The molecule has 0 heterocycles. The smallest absolute Gasteiger partial charge is 0.407 e. The average Bonchev–Trinajstić information content (AvgIpc) is 2.34. The highest BCUT2D eigenvalue weighted by atomic mass is 16.5. The molecule has 1 rings (SSSR count). The van der Waals surface area contributed by atoms with E-state index < -0.39 is 6.09 Å². The zero-order valence-electron chi connectivity index (χ0n) is 8.90. The van der Waals surface area contributed by atoms with Crippen LogP contribution in [0, 0.1) is 0 Å². The van der Waals surface area contributed by atoms with Gasteiger partial charge in [-0.05, 0) is 11.1 Å². The van der Waals surface area contributed by atoms with Crippen LogP contribution in [0.5, 0.6) is 0 Å². The number of aliphatic imine (C=N–C) groups is 1. The maximum Gasteiger partial charge on any atom is 0.407 e. The fourth-order valence-electron chi connectivity index (χ4n) is 1.21. The predicted octanol–water partition coefficient (Wildman–Crippen LogP) is 1.38. The van der Waals surface area contributed by atoms with Crippen LogP contribution >= 0.6 is 0 Å². The van der Waals surface area contributed by atoms with Gasteiger partial charge < -0.3 is 10.1 Å². The number of methoxy groups -OCH3 is 1. The molecule has 1 amide bonds. The summed E-state index contributed by atoms with van der Waals surface area (Å²) in [7, 11) is 1.31. The van der Waals surface area contributed by atoms with Crippen molar-refractivity contribution < 1.29 is 14.3 Å². The Bertz CT molecular complexity index is 411. The molecular weight excluding hydrogens is 208 g/mol. The highest BCUT2D eigenvalue weighted by Gasteiger charge is 1.99. The number of nitrogens with one attached hydrogen (secondary N) is 1. The first kappa shape index (κ1) is 11.9. The van der Waals surface area contributed by atoms with Crippen molar-refractivity contribution in [3.8, 4) is 0 Å². The molecule has 1 aromatic carbocycles. The number of ether oxygens (including phenoxy) is 1. The second-order valence-corrected chi connectivity index (χ2v) is 3.07. The largest absolute Gasteiger partial charge is 0.453 e. The average molecular weight is 220 g/mol. The van der Waals surface area contributed by atoms with Gasteiger partial charge in [0, 0.05) is 6.54 Å². The molecule has 0 atom stereocenters. The zero-order valence-corrected chi connectivity index (χ0v) is 8.90. The van der Waals surface area contributed by atoms with Crippen molar-refractivity contribution in [2.24, 2.45) is 4.99 Å². The first-order valence-electron chi connectivity index (χ1n) is 4.69. The maximum atomic E-state index is 10.8. The molecule has 84 valence electrons. The van der Waals surface area contributed by atoms with E-state index in [4.69, 9.17) is 0 Å². The van der Waals surface area contributed by atoms with Crippen LogP contribution in [0.25, 0.3) is 0 Å². The lowest BCUT2D eigenvalue weighted by Crippen LogP contribution is -2.22. The van der Waals surface area contributed by atoms with Crippen molar-refractivity contribution in [1.82, 2.24) is 5.32 Å². The first-order valence-corrected chi connectivity index (χ1v) is 4.69. The van der Waals surface area contributed by atoms with Crippen molar-refractivity contribution in [3.63, 3.8) is 0 Å². The minimum atomic E-state index is -0.476. The van der Waals surface area contributed by atoms with Crippen LogP contribution in [-0.2, 0) is 22.6 Å². The number of nitrogens with zero attached hydrogens (tertiary/aromatic N) is 1. The number of amides is 1. The van der Waals surface area contributed by atoms with E-state index >= 15 is 0 Å². The van der Waals surface area contributed by atoms with Gasteiger partial charge in [0.15, 0.2) is 0 Å². The molecule has 0 bridgehead atoms. The molecule has 0 saturated heterocycles. The van der Waals surface area contributed by atoms with Crippen LogP contribution < -0.4 is 5.32 Å². The number of hydrogen-bond acceptors (Lipinski definition) is 4. The van der Waals surface area contributed by atoms with Crippen molar-refractivity contribution in [2.75, 3.05) is 7.11 Å². The zero-order chi connectivity index (χ0) is 11.8. The van der Waals surface area contributed by atoms with Crippen LogP contribution in [0.3, 0.4) is 0 Å². The van der Waals surface area contributed by atoms with E-state index in [1.165, 1.54) is 13.2 Å². The normalized spacial score (nSPS) is 9.06. The monoisotopic (exact) mass is 220 g/mol. The molecule has 0 radical (unpaired) electrons. The van der Waals surface area contributed by atoms with Gasteiger partial charge in [0.1, 0.15) is 0 Å². The van der Waals surface area contributed by atoms with E-state index in [2.05, 4.69) is 15.0 Å². The molecule has 0 aromatic heterocycles. The molecule has 0 saturated carbocycles. The molecule has 5 nitrogen and oxygen atoms in total. The highest BCUT2D eigenvalue weighted by molar-refractivity contribution is 5.66. The third-order valence-electron chi connectivity index (χ3n) is 1.94. The van der Waals surface area contributed by atoms with Crippen molar-refractivity contribution in [2.45, 2.75) is 13.1 Å². The van der Waals surface area contributed by atoms with Gasteiger partial charge in [0.05, 0.1) is 13.7 Å². The van der Waals surface area contributed by atoms with Gasteiger partial charge in [-0.2, -0.15) is 0 Å².